The number of fused-ring (bicyclic) bond motifs is 1. The third-order valence-corrected chi connectivity index (χ3v) is 7.04. The molecule has 1 aromatic carbocycles. The summed E-state index contributed by atoms with van der Waals surface area (Å²) in [4.78, 5) is 15.9. The molecule has 4 aromatic rings. The molecule has 0 radical (unpaired) electrons. The number of aliphatic hydroxyl groups is 1. The first-order valence-corrected chi connectivity index (χ1v) is 10.9. The van der Waals surface area contributed by atoms with Crippen molar-refractivity contribution in [3.05, 3.63) is 83.1 Å². The lowest BCUT2D eigenvalue weighted by atomic mass is 9.85. The highest BCUT2D eigenvalue weighted by atomic mass is 32.1. The smallest absolute Gasteiger partial charge is 0.137 e. The van der Waals surface area contributed by atoms with Crippen LogP contribution >= 0.6 is 11.3 Å². The van der Waals surface area contributed by atoms with Gasteiger partial charge in [-0.1, -0.05) is 6.07 Å². The van der Waals surface area contributed by atoms with Crippen LogP contribution in [-0.4, -0.2) is 40.8 Å². The molecule has 1 aliphatic rings. The Morgan fingerprint density at radius 2 is 1.97 bits per heavy atom. The lowest BCUT2D eigenvalue weighted by Crippen LogP contribution is -2.50. The normalized spacial score (nSPS) is 16.6. The second kappa shape index (κ2) is 8.12. The highest BCUT2D eigenvalue weighted by Gasteiger charge is 2.44. The Labute approximate surface area is 187 Å². The first-order chi connectivity index (χ1) is 15.4. The van der Waals surface area contributed by atoms with Gasteiger partial charge in [0.05, 0.1) is 12.2 Å². The van der Waals surface area contributed by atoms with E-state index in [0.29, 0.717) is 13.1 Å². The molecule has 1 N–H and O–H groups in total. The van der Waals surface area contributed by atoms with Crippen LogP contribution in [0.15, 0.2) is 55.4 Å². The fraction of sp³-hybridized carbons (Fsp3) is 0.273. The van der Waals surface area contributed by atoms with E-state index in [4.69, 9.17) is 4.98 Å². The van der Waals surface area contributed by atoms with Gasteiger partial charge in [-0.25, -0.2) is 23.4 Å². The average molecular weight is 455 g/mol. The molecule has 10 heteroatoms. The summed E-state index contributed by atoms with van der Waals surface area (Å²) in [5.74, 6) is -1.50. The molecule has 0 bridgehead atoms. The average Bonchev–Trinajstić information content (AvgIpc) is 3.50. The molecule has 7 nitrogen and oxygen atoms in total. The maximum absolute atomic E-state index is 14.8. The monoisotopic (exact) mass is 454 g/mol. The molecule has 1 aliphatic heterocycles. The maximum atomic E-state index is 14.8. The molecule has 4 heterocycles. The predicted octanol–water partition coefficient (Wildman–Crippen LogP) is 3.37. The SMILES string of the molecule is C[C@@H](N1Cc2nc(-c3ccncc3)sc2C1)[C@](O)(Cn1cncn1)c1ccc(F)cc1F. The fourth-order valence-corrected chi connectivity index (χ4v) is 5.20. The largest absolute Gasteiger partial charge is 0.381 e. The molecule has 0 amide bonds. The molecule has 0 spiro atoms. The van der Waals surface area contributed by atoms with Gasteiger partial charge in [0.15, 0.2) is 0 Å². The van der Waals surface area contributed by atoms with E-state index in [9.17, 15) is 13.9 Å². The van der Waals surface area contributed by atoms with Crippen LogP contribution in [0.1, 0.15) is 23.1 Å². The second-order valence-corrected chi connectivity index (χ2v) is 8.93. The molecule has 0 saturated heterocycles. The van der Waals surface area contributed by atoms with Gasteiger partial charge in [-0.2, -0.15) is 5.10 Å². The summed E-state index contributed by atoms with van der Waals surface area (Å²) in [6.45, 7) is 2.89. The third-order valence-electron chi connectivity index (χ3n) is 5.91. The number of nitrogens with zero attached hydrogens (tertiary/aromatic N) is 6. The number of aromatic nitrogens is 5. The van der Waals surface area contributed by atoms with E-state index in [1.54, 1.807) is 23.7 Å². The Balaban J connectivity index is 1.44. The molecule has 0 saturated carbocycles. The molecule has 0 unspecified atom stereocenters. The number of hydrogen-bond acceptors (Lipinski definition) is 7. The maximum Gasteiger partial charge on any atom is 0.137 e. The van der Waals surface area contributed by atoms with Gasteiger partial charge in [-0.3, -0.25) is 9.88 Å². The molecule has 0 aliphatic carbocycles. The first kappa shape index (κ1) is 20.8. The van der Waals surface area contributed by atoms with E-state index in [1.165, 1.54) is 23.4 Å². The third kappa shape index (κ3) is 3.70. The van der Waals surface area contributed by atoms with Gasteiger partial charge in [-0.15, -0.1) is 11.3 Å². The lowest BCUT2D eigenvalue weighted by Gasteiger charge is -2.39. The molecule has 0 fully saturated rings. The zero-order chi connectivity index (χ0) is 22.3. The van der Waals surface area contributed by atoms with Crippen molar-refractivity contribution in [3.63, 3.8) is 0 Å². The van der Waals surface area contributed by atoms with Gasteiger partial charge < -0.3 is 5.11 Å². The lowest BCUT2D eigenvalue weighted by molar-refractivity contribution is -0.0657. The zero-order valence-corrected chi connectivity index (χ0v) is 18.0. The van der Waals surface area contributed by atoms with Crippen LogP contribution in [0.3, 0.4) is 0 Å². The van der Waals surface area contributed by atoms with Crippen LogP contribution in [0.25, 0.3) is 10.6 Å². The number of benzene rings is 1. The van der Waals surface area contributed by atoms with Crippen LogP contribution < -0.4 is 0 Å². The second-order valence-electron chi connectivity index (χ2n) is 7.85. The summed E-state index contributed by atoms with van der Waals surface area (Å²) in [5.41, 5.74) is 0.294. The Kier molecular flexibility index (Phi) is 5.28. The Morgan fingerprint density at radius 1 is 1.16 bits per heavy atom. The summed E-state index contributed by atoms with van der Waals surface area (Å²) < 4.78 is 29.8. The molecule has 5 rings (SSSR count). The van der Waals surface area contributed by atoms with Crippen molar-refractivity contribution in [2.45, 2.75) is 38.2 Å². The van der Waals surface area contributed by atoms with E-state index in [-0.39, 0.29) is 12.1 Å². The molecular formula is C22H20F2N6OS. The fourth-order valence-electron chi connectivity index (χ4n) is 4.10. The number of thiazole rings is 1. The van der Waals surface area contributed by atoms with Crippen LogP contribution in [0.4, 0.5) is 8.78 Å². The van der Waals surface area contributed by atoms with Crippen molar-refractivity contribution in [2.75, 3.05) is 0 Å². The number of pyridine rings is 1. The summed E-state index contributed by atoms with van der Waals surface area (Å²) in [6, 6.07) is 6.56. The first-order valence-electron chi connectivity index (χ1n) is 10.1. The van der Waals surface area contributed by atoms with Crippen molar-refractivity contribution in [1.82, 2.24) is 29.6 Å². The minimum atomic E-state index is -1.67. The van der Waals surface area contributed by atoms with Gasteiger partial charge in [-0.05, 0) is 25.1 Å². The zero-order valence-electron chi connectivity index (χ0n) is 17.2. The minimum absolute atomic E-state index is 0.0163. The van der Waals surface area contributed by atoms with Crippen LogP contribution in [0.5, 0.6) is 0 Å². The van der Waals surface area contributed by atoms with Gasteiger partial charge >= 0.3 is 0 Å². The summed E-state index contributed by atoms with van der Waals surface area (Å²) in [7, 11) is 0. The van der Waals surface area contributed by atoms with Crippen molar-refractivity contribution in [2.24, 2.45) is 0 Å². The summed E-state index contributed by atoms with van der Waals surface area (Å²) in [5, 5.41) is 16.8. The topological polar surface area (TPSA) is 80.0 Å². The van der Waals surface area contributed by atoms with E-state index < -0.39 is 23.3 Å². The predicted molar refractivity (Wildman–Crippen MR) is 114 cm³/mol. The van der Waals surface area contributed by atoms with E-state index in [1.807, 2.05) is 24.0 Å². The molecule has 2 atom stereocenters. The van der Waals surface area contributed by atoms with Crippen LogP contribution in [-0.2, 0) is 25.2 Å². The van der Waals surface area contributed by atoms with E-state index >= 15 is 0 Å². The van der Waals surface area contributed by atoms with Crippen molar-refractivity contribution >= 4 is 11.3 Å². The Morgan fingerprint density at radius 3 is 2.66 bits per heavy atom. The number of halogens is 2. The summed E-state index contributed by atoms with van der Waals surface area (Å²) in [6.07, 6.45) is 6.28. The van der Waals surface area contributed by atoms with Gasteiger partial charge in [0.25, 0.3) is 0 Å². The molecular weight excluding hydrogens is 434 g/mol. The van der Waals surface area contributed by atoms with E-state index in [2.05, 4.69) is 15.1 Å². The highest BCUT2D eigenvalue weighted by molar-refractivity contribution is 7.15. The van der Waals surface area contributed by atoms with Gasteiger partial charge in [0.2, 0.25) is 0 Å². The summed E-state index contributed by atoms with van der Waals surface area (Å²) >= 11 is 1.60. The van der Waals surface area contributed by atoms with Crippen molar-refractivity contribution < 1.29 is 13.9 Å². The molecule has 164 valence electrons. The van der Waals surface area contributed by atoms with Crippen LogP contribution in [0.2, 0.25) is 0 Å². The molecule has 3 aromatic heterocycles. The van der Waals surface area contributed by atoms with Crippen molar-refractivity contribution in [3.8, 4) is 10.6 Å². The molecule has 32 heavy (non-hydrogen) atoms. The van der Waals surface area contributed by atoms with Crippen molar-refractivity contribution in [1.29, 1.82) is 0 Å². The van der Waals surface area contributed by atoms with Gasteiger partial charge in [0, 0.05) is 53.6 Å². The number of rotatable bonds is 6. The van der Waals surface area contributed by atoms with E-state index in [0.717, 1.165) is 33.3 Å². The van der Waals surface area contributed by atoms with Crippen LogP contribution in [0, 0.1) is 11.6 Å². The number of hydrogen-bond donors (Lipinski definition) is 1. The Hall–Kier alpha value is -3.08. The van der Waals surface area contributed by atoms with Gasteiger partial charge in [0.1, 0.15) is 34.9 Å². The quantitative estimate of drug-likeness (QED) is 0.481. The Bertz CT molecular complexity index is 1210. The highest BCUT2D eigenvalue weighted by Crippen LogP contribution is 2.39. The standard InChI is InChI=1S/C22H20F2N6OS/c1-14(29-9-19-20(10-29)32-21(28-19)15-4-6-25-7-5-15)22(31,11-30-13-26-12-27-30)17-3-2-16(23)8-18(17)24/h2-8,12-14,31H,9-11H2,1H3/t14-,22-/m1/s1. The minimum Gasteiger partial charge on any atom is -0.381 e.